The lowest BCUT2D eigenvalue weighted by Crippen LogP contribution is -2.56. The second-order valence-electron chi connectivity index (χ2n) is 12.3. The van der Waals surface area contributed by atoms with Gasteiger partial charge in [0.25, 0.3) is 0 Å². The summed E-state index contributed by atoms with van der Waals surface area (Å²) in [7, 11) is 3.16. The summed E-state index contributed by atoms with van der Waals surface area (Å²) in [5, 5.41) is 0. The van der Waals surface area contributed by atoms with E-state index in [4.69, 9.17) is 18.8 Å². The zero-order chi connectivity index (χ0) is 31.1. The maximum absolute atomic E-state index is 7.23. The van der Waals surface area contributed by atoms with E-state index in [0.717, 1.165) is 35.1 Å². The summed E-state index contributed by atoms with van der Waals surface area (Å²) in [6, 6.07) is 41.7. The second-order valence-corrected chi connectivity index (χ2v) is 12.3. The predicted molar refractivity (Wildman–Crippen MR) is 182 cm³/mol. The Morgan fingerprint density at radius 1 is 0.644 bits per heavy atom. The van der Waals surface area contributed by atoms with Crippen molar-refractivity contribution < 1.29 is 18.8 Å². The first kappa shape index (κ1) is 31.5. The fraction of sp³-hybridized carbons (Fsp3) is 0.350. The predicted octanol–water partition coefficient (Wildman–Crippen LogP) is 8.97. The third-order valence-electron chi connectivity index (χ3n) is 9.69. The van der Waals surface area contributed by atoms with Gasteiger partial charge in [0.1, 0.15) is 23.4 Å². The van der Waals surface area contributed by atoms with Crippen molar-refractivity contribution in [1.29, 1.82) is 0 Å². The molecule has 0 N–H and O–H groups in total. The Kier molecular flexibility index (Phi) is 10.0. The average Bonchev–Trinajstić information content (AvgIpc) is 3.76. The molecule has 2 fully saturated rings. The first-order chi connectivity index (χ1) is 22.2. The highest BCUT2D eigenvalue weighted by Gasteiger charge is 2.65. The molecular formula is C40H45BO4. The largest absolute Gasteiger partial charge is 0.461 e. The minimum atomic E-state index is -0.977. The number of hydrogen-bond donors (Lipinski definition) is 0. The highest BCUT2D eigenvalue weighted by molar-refractivity contribution is 6.48. The molecule has 5 heteroatoms. The molecule has 4 aromatic carbocycles. The Morgan fingerprint density at radius 2 is 1.04 bits per heavy atom. The SMILES string of the molecule is CCCCC/C=C/[C@@H]1C[C@H]1B1O[C@@H](C(OC)(c2ccccc2)c2ccccc2)[C@H](C(OC)(c2ccccc2)c2ccccc2)O1. The van der Waals surface area contributed by atoms with Crippen LogP contribution in [0, 0.1) is 5.92 Å². The summed E-state index contributed by atoms with van der Waals surface area (Å²) in [6.07, 6.45) is 9.55. The lowest BCUT2D eigenvalue weighted by molar-refractivity contribution is -0.136. The summed E-state index contributed by atoms with van der Waals surface area (Å²) in [5.41, 5.74) is 2.07. The van der Waals surface area contributed by atoms with Crippen LogP contribution in [0.25, 0.3) is 0 Å². The lowest BCUT2D eigenvalue weighted by Gasteiger charge is -2.47. The first-order valence-corrected chi connectivity index (χ1v) is 16.5. The fourth-order valence-corrected chi connectivity index (χ4v) is 7.27. The Morgan fingerprint density at radius 3 is 1.40 bits per heavy atom. The zero-order valence-electron chi connectivity index (χ0n) is 26.8. The van der Waals surface area contributed by atoms with E-state index in [-0.39, 0.29) is 5.82 Å². The van der Waals surface area contributed by atoms with Crippen molar-refractivity contribution in [3.8, 4) is 0 Å². The van der Waals surface area contributed by atoms with E-state index in [1.54, 1.807) is 14.2 Å². The van der Waals surface area contributed by atoms with E-state index in [9.17, 15) is 0 Å². The highest BCUT2D eigenvalue weighted by atomic mass is 16.7. The number of unbranched alkanes of at least 4 members (excludes halogenated alkanes) is 3. The zero-order valence-corrected chi connectivity index (χ0v) is 26.8. The first-order valence-electron chi connectivity index (χ1n) is 16.5. The van der Waals surface area contributed by atoms with Gasteiger partial charge in [-0.2, -0.15) is 0 Å². The molecule has 0 radical (unpaired) electrons. The molecule has 4 aromatic rings. The van der Waals surface area contributed by atoms with Crippen LogP contribution >= 0.6 is 0 Å². The van der Waals surface area contributed by atoms with Gasteiger partial charge in [0.15, 0.2) is 0 Å². The van der Waals surface area contributed by atoms with Crippen LogP contribution in [0.2, 0.25) is 5.82 Å². The molecule has 1 saturated carbocycles. The molecule has 1 aliphatic heterocycles. The normalized spacial score (nSPS) is 21.8. The van der Waals surface area contributed by atoms with Gasteiger partial charge in [-0.25, -0.2) is 0 Å². The Balaban J connectivity index is 1.49. The van der Waals surface area contributed by atoms with Gasteiger partial charge in [-0.05, 0) is 47.4 Å². The molecule has 45 heavy (non-hydrogen) atoms. The molecule has 4 atom stereocenters. The molecule has 0 amide bonds. The third-order valence-corrected chi connectivity index (χ3v) is 9.69. The van der Waals surface area contributed by atoms with Crippen molar-refractivity contribution in [3.05, 3.63) is 156 Å². The molecule has 0 spiro atoms. The van der Waals surface area contributed by atoms with Crippen molar-refractivity contribution in [2.45, 2.75) is 68.3 Å². The summed E-state index contributed by atoms with van der Waals surface area (Å²) in [6.45, 7) is 2.25. The van der Waals surface area contributed by atoms with Gasteiger partial charge in [-0.3, -0.25) is 0 Å². The summed E-state index contributed by atoms with van der Waals surface area (Å²) in [4.78, 5) is 0. The van der Waals surface area contributed by atoms with E-state index in [1.807, 2.05) is 24.3 Å². The van der Waals surface area contributed by atoms with Crippen molar-refractivity contribution in [2.75, 3.05) is 14.2 Å². The van der Waals surface area contributed by atoms with Crippen LogP contribution in [0.1, 0.15) is 61.3 Å². The molecule has 0 unspecified atom stereocenters. The molecule has 1 aliphatic carbocycles. The number of benzene rings is 4. The van der Waals surface area contributed by atoms with Gasteiger partial charge in [0, 0.05) is 20.0 Å². The van der Waals surface area contributed by atoms with E-state index in [0.29, 0.717) is 5.92 Å². The van der Waals surface area contributed by atoms with Gasteiger partial charge in [-0.1, -0.05) is 153 Å². The number of rotatable bonds is 14. The molecule has 0 bridgehead atoms. The van der Waals surface area contributed by atoms with Crippen LogP contribution in [0.4, 0.5) is 0 Å². The summed E-state index contributed by atoms with van der Waals surface area (Å²) >= 11 is 0. The molecule has 1 heterocycles. The molecule has 0 aromatic heterocycles. The van der Waals surface area contributed by atoms with E-state index >= 15 is 0 Å². The van der Waals surface area contributed by atoms with Gasteiger partial charge >= 0.3 is 7.12 Å². The van der Waals surface area contributed by atoms with Crippen molar-refractivity contribution in [3.63, 3.8) is 0 Å². The van der Waals surface area contributed by atoms with Crippen LogP contribution in [-0.4, -0.2) is 33.5 Å². The third kappa shape index (κ3) is 6.07. The topological polar surface area (TPSA) is 36.9 Å². The van der Waals surface area contributed by atoms with Crippen LogP contribution in [0.15, 0.2) is 133 Å². The molecule has 1 saturated heterocycles. The monoisotopic (exact) mass is 600 g/mol. The van der Waals surface area contributed by atoms with Gasteiger partial charge in [0.05, 0.1) is 0 Å². The van der Waals surface area contributed by atoms with Gasteiger partial charge in [-0.15, -0.1) is 0 Å². The fourth-order valence-electron chi connectivity index (χ4n) is 7.27. The standard InChI is InChI=1S/C40H45BO4/c1-4-5-6-7-12-21-31-30-36(31)41-44-37(39(42-2,32-22-13-8-14-23-32)33-24-15-9-16-25-33)38(45-41)40(43-3,34-26-17-10-18-27-34)35-28-19-11-20-29-35/h8-29,31,36-38H,4-7,30H2,1-3H3/b21-12+/t31-,36-,37-,38-/m1/s1. The van der Waals surface area contributed by atoms with Crippen molar-refractivity contribution in [2.24, 2.45) is 5.92 Å². The Bertz CT molecular complexity index is 1320. The van der Waals surface area contributed by atoms with Gasteiger partial charge < -0.3 is 18.8 Å². The Labute approximate surface area is 269 Å². The van der Waals surface area contributed by atoms with Crippen LogP contribution in [0.5, 0.6) is 0 Å². The van der Waals surface area contributed by atoms with Crippen LogP contribution < -0.4 is 0 Å². The molecule has 4 nitrogen and oxygen atoms in total. The second kappa shape index (κ2) is 14.3. The van der Waals surface area contributed by atoms with E-state index in [1.165, 1.54) is 19.3 Å². The van der Waals surface area contributed by atoms with Crippen LogP contribution in [-0.2, 0) is 30.0 Å². The average molecular weight is 601 g/mol. The smallest absolute Gasteiger partial charge is 0.402 e. The number of allylic oxidation sites excluding steroid dienone is 2. The summed E-state index contributed by atoms with van der Waals surface area (Å²) < 4.78 is 27.9. The summed E-state index contributed by atoms with van der Waals surface area (Å²) in [5.74, 6) is 0.703. The molecule has 232 valence electrons. The number of ether oxygens (including phenoxy) is 2. The molecule has 6 rings (SSSR count). The molecular weight excluding hydrogens is 555 g/mol. The van der Waals surface area contributed by atoms with Gasteiger partial charge in [0.2, 0.25) is 0 Å². The maximum atomic E-state index is 7.23. The minimum Gasteiger partial charge on any atom is -0.402 e. The lowest BCUT2D eigenvalue weighted by atomic mass is 9.71. The number of hydrogen-bond acceptors (Lipinski definition) is 4. The Hall–Kier alpha value is -3.48. The molecule has 2 aliphatic rings. The highest BCUT2D eigenvalue weighted by Crippen LogP contribution is 2.56. The van der Waals surface area contributed by atoms with Crippen LogP contribution in [0.3, 0.4) is 0 Å². The number of methoxy groups -OCH3 is 2. The van der Waals surface area contributed by atoms with E-state index < -0.39 is 30.5 Å². The minimum absolute atomic E-state index is 0.266. The quantitative estimate of drug-likeness (QED) is 0.0823. The van der Waals surface area contributed by atoms with Crippen molar-refractivity contribution in [1.82, 2.24) is 0 Å². The maximum Gasteiger partial charge on any atom is 0.461 e. The van der Waals surface area contributed by atoms with E-state index in [2.05, 4.69) is 116 Å². The van der Waals surface area contributed by atoms with Crippen molar-refractivity contribution >= 4 is 7.12 Å².